The number of hydrogen-bond acceptors (Lipinski definition) is 2. The van der Waals surface area contributed by atoms with Crippen molar-refractivity contribution in [1.29, 1.82) is 0 Å². The van der Waals surface area contributed by atoms with Gasteiger partial charge in [0, 0.05) is 23.3 Å². The molecule has 0 bridgehead atoms. The van der Waals surface area contributed by atoms with Crippen molar-refractivity contribution < 1.29 is 31.1 Å². The van der Waals surface area contributed by atoms with Gasteiger partial charge in [0.2, 0.25) is 0 Å². The Morgan fingerprint density at radius 1 is 0.733 bits per heavy atom. The number of aromatic nitrogens is 1. The van der Waals surface area contributed by atoms with E-state index in [1.807, 2.05) is 6.92 Å². The van der Waals surface area contributed by atoms with E-state index in [1.54, 1.807) is 6.07 Å². The molecule has 0 aliphatic rings. The Balaban J connectivity index is 2.07. The molecule has 0 aliphatic carbocycles. The number of benzene rings is 2. The number of alkyl halides is 6. The molecule has 0 fully saturated rings. The van der Waals surface area contributed by atoms with Crippen LogP contribution in [0.3, 0.4) is 0 Å². The fraction of sp³-hybridized carbons (Fsp3) is 0.227. The van der Waals surface area contributed by atoms with Crippen molar-refractivity contribution in [2.45, 2.75) is 25.7 Å². The predicted octanol–water partition coefficient (Wildman–Crippen LogP) is 7.24. The lowest BCUT2D eigenvalue weighted by Gasteiger charge is -2.13. The minimum Gasteiger partial charge on any atom is -0.493 e. The number of rotatable bonds is 5. The number of pyridine rings is 1. The molecule has 8 heteroatoms. The number of nitrogens with zero attached hydrogens (tertiary/aromatic N) is 1. The largest absolute Gasteiger partial charge is 0.493 e. The van der Waals surface area contributed by atoms with Gasteiger partial charge in [0.1, 0.15) is 5.75 Å². The van der Waals surface area contributed by atoms with Crippen molar-refractivity contribution >= 4 is 0 Å². The molecule has 0 unspecified atom stereocenters. The van der Waals surface area contributed by atoms with Crippen molar-refractivity contribution in [3.8, 4) is 28.3 Å². The molecule has 3 aromatic rings. The summed E-state index contributed by atoms with van der Waals surface area (Å²) in [5, 5.41) is 0. The molecule has 0 amide bonds. The van der Waals surface area contributed by atoms with E-state index in [9.17, 15) is 26.3 Å². The molecule has 1 aromatic heterocycles. The third-order valence-corrected chi connectivity index (χ3v) is 4.27. The van der Waals surface area contributed by atoms with Gasteiger partial charge in [-0.25, -0.2) is 4.98 Å². The van der Waals surface area contributed by atoms with Crippen LogP contribution in [0.4, 0.5) is 26.3 Å². The van der Waals surface area contributed by atoms with Crippen LogP contribution < -0.4 is 4.74 Å². The highest BCUT2D eigenvalue weighted by atomic mass is 19.4. The van der Waals surface area contributed by atoms with E-state index in [0.29, 0.717) is 30.0 Å². The molecule has 0 atom stereocenters. The summed E-state index contributed by atoms with van der Waals surface area (Å²) in [6.07, 6.45) is -8.28. The summed E-state index contributed by atoms with van der Waals surface area (Å²) in [5.41, 5.74) is -0.493. The normalized spacial score (nSPS) is 12.1. The molecule has 158 valence electrons. The predicted molar refractivity (Wildman–Crippen MR) is 101 cm³/mol. The molecule has 2 nitrogen and oxygen atoms in total. The van der Waals surface area contributed by atoms with E-state index in [2.05, 4.69) is 4.98 Å². The summed E-state index contributed by atoms with van der Waals surface area (Å²) in [6.45, 7) is 2.27. The second-order valence-electron chi connectivity index (χ2n) is 6.58. The van der Waals surface area contributed by atoms with Crippen molar-refractivity contribution in [2.75, 3.05) is 6.61 Å². The van der Waals surface area contributed by atoms with E-state index in [1.165, 1.54) is 30.3 Å². The zero-order chi connectivity index (χ0) is 21.9. The van der Waals surface area contributed by atoms with Crippen LogP contribution in [0.5, 0.6) is 5.75 Å². The third-order valence-electron chi connectivity index (χ3n) is 4.27. The Morgan fingerprint density at radius 3 is 1.90 bits per heavy atom. The van der Waals surface area contributed by atoms with Gasteiger partial charge in [0.25, 0.3) is 0 Å². The molecular weight excluding hydrogens is 408 g/mol. The first-order chi connectivity index (χ1) is 14.1. The fourth-order valence-corrected chi connectivity index (χ4v) is 2.79. The maximum absolute atomic E-state index is 13.1. The van der Waals surface area contributed by atoms with Crippen molar-refractivity contribution in [1.82, 2.24) is 4.98 Å². The molecule has 0 radical (unpaired) electrons. The second kappa shape index (κ2) is 8.38. The number of ether oxygens (including phenoxy) is 1. The number of halogens is 6. The summed E-state index contributed by atoms with van der Waals surface area (Å²) in [4.78, 5) is 4.37. The smallest absolute Gasteiger partial charge is 0.416 e. The molecule has 0 aliphatic heterocycles. The Labute approximate surface area is 169 Å². The molecule has 2 aromatic carbocycles. The summed E-state index contributed by atoms with van der Waals surface area (Å²) in [5.74, 6) is 0.370. The van der Waals surface area contributed by atoms with Gasteiger partial charge < -0.3 is 4.74 Å². The van der Waals surface area contributed by atoms with E-state index >= 15 is 0 Å². The highest BCUT2D eigenvalue weighted by Crippen LogP contribution is 2.35. The zero-order valence-electron chi connectivity index (χ0n) is 15.8. The van der Waals surface area contributed by atoms with Gasteiger partial charge in [-0.15, -0.1) is 0 Å². The minimum absolute atomic E-state index is 0.222. The van der Waals surface area contributed by atoms with Crippen LogP contribution in [0, 0.1) is 0 Å². The average Bonchev–Trinajstić information content (AvgIpc) is 2.71. The molecule has 1 heterocycles. The van der Waals surface area contributed by atoms with Crippen LogP contribution >= 0.6 is 0 Å². The first-order valence-electron chi connectivity index (χ1n) is 9.08. The number of hydrogen-bond donors (Lipinski definition) is 0. The SMILES string of the molecule is CCCOc1cc(-c2ccc(C(F)(F)F)cc2)nc(-c2cccc(C(F)(F)F)c2)c1. The van der Waals surface area contributed by atoms with Gasteiger partial charge in [-0.05, 0) is 30.7 Å². The van der Waals surface area contributed by atoms with Gasteiger partial charge in [-0.3, -0.25) is 0 Å². The maximum Gasteiger partial charge on any atom is 0.416 e. The minimum atomic E-state index is -4.51. The van der Waals surface area contributed by atoms with E-state index in [0.717, 1.165) is 24.3 Å². The Kier molecular flexibility index (Phi) is 6.05. The molecule has 3 rings (SSSR count). The van der Waals surface area contributed by atoms with E-state index in [-0.39, 0.29) is 11.3 Å². The summed E-state index contributed by atoms with van der Waals surface area (Å²) < 4.78 is 83.3. The van der Waals surface area contributed by atoms with Crippen LogP contribution in [0.15, 0.2) is 60.7 Å². The van der Waals surface area contributed by atoms with E-state index < -0.39 is 23.5 Å². The summed E-state index contributed by atoms with van der Waals surface area (Å²) >= 11 is 0. The van der Waals surface area contributed by atoms with Crippen LogP contribution in [-0.4, -0.2) is 11.6 Å². The molecule has 0 spiro atoms. The fourth-order valence-electron chi connectivity index (χ4n) is 2.79. The lowest BCUT2D eigenvalue weighted by Crippen LogP contribution is -2.05. The first kappa shape index (κ1) is 21.7. The summed E-state index contributed by atoms with van der Waals surface area (Å²) in [7, 11) is 0. The van der Waals surface area contributed by atoms with Crippen LogP contribution in [0.25, 0.3) is 22.5 Å². The van der Waals surface area contributed by atoms with Crippen LogP contribution in [0.2, 0.25) is 0 Å². The van der Waals surface area contributed by atoms with Crippen LogP contribution in [0.1, 0.15) is 24.5 Å². The van der Waals surface area contributed by atoms with Gasteiger partial charge in [-0.2, -0.15) is 26.3 Å². The van der Waals surface area contributed by atoms with Gasteiger partial charge in [-0.1, -0.05) is 31.2 Å². The van der Waals surface area contributed by atoms with Crippen molar-refractivity contribution in [3.63, 3.8) is 0 Å². The highest BCUT2D eigenvalue weighted by Gasteiger charge is 2.31. The highest BCUT2D eigenvalue weighted by molar-refractivity contribution is 5.69. The van der Waals surface area contributed by atoms with Crippen LogP contribution in [-0.2, 0) is 12.4 Å². The Morgan fingerprint density at radius 2 is 1.33 bits per heavy atom. The standard InChI is InChI=1S/C22H17F6NO/c1-2-10-30-18-12-19(14-6-8-16(9-7-14)21(23,24)25)29-20(13-18)15-4-3-5-17(11-15)22(26,27)28/h3-9,11-13H,2,10H2,1H3. The Hall–Kier alpha value is -3.03. The summed E-state index contributed by atoms with van der Waals surface area (Å²) in [6, 6.07) is 12.2. The topological polar surface area (TPSA) is 22.1 Å². The molecule has 0 saturated carbocycles. The van der Waals surface area contributed by atoms with E-state index in [4.69, 9.17) is 4.74 Å². The lowest BCUT2D eigenvalue weighted by atomic mass is 10.0. The molecule has 0 saturated heterocycles. The Bertz CT molecular complexity index is 1010. The van der Waals surface area contributed by atoms with Gasteiger partial charge >= 0.3 is 12.4 Å². The molecule has 0 N–H and O–H groups in total. The lowest BCUT2D eigenvalue weighted by molar-refractivity contribution is -0.138. The van der Waals surface area contributed by atoms with Gasteiger partial charge in [0.15, 0.2) is 0 Å². The maximum atomic E-state index is 13.1. The zero-order valence-corrected chi connectivity index (χ0v) is 15.8. The third kappa shape index (κ3) is 5.11. The quantitative estimate of drug-likeness (QED) is 0.402. The van der Waals surface area contributed by atoms with Crippen molar-refractivity contribution in [2.24, 2.45) is 0 Å². The van der Waals surface area contributed by atoms with Gasteiger partial charge in [0.05, 0.1) is 29.1 Å². The van der Waals surface area contributed by atoms with Crippen molar-refractivity contribution in [3.05, 3.63) is 71.8 Å². The second-order valence-corrected chi connectivity index (χ2v) is 6.58. The molecular formula is C22H17F6NO. The average molecular weight is 425 g/mol. The monoisotopic (exact) mass is 425 g/mol. The molecule has 30 heavy (non-hydrogen) atoms. The first-order valence-corrected chi connectivity index (χ1v) is 9.08.